The maximum Gasteiger partial charge on any atom is 0.260 e. The fraction of sp³-hybridized carbons (Fsp3) is 0.167. The van der Waals surface area contributed by atoms with Crippen LogP contribution in [-0.2, 0) is 19.4 Å². The molecule has 2 heterocycles. The quantitative estimate of drug-likeness (QED) is 0.252. The number of halogens is 1. The van der Waals surface area contributed by atoms with Crippen LogP contribution in [0.1, 0.15) is 29.5 Å². The van der Waals surface area contributed by atoms with Crippen LogP contribution in [0.2, 0.25) is 4.34 Å². The van der Waals surface area contributed by atoms with Crippen LogP contribution in [0, 0.1) is 0 Å². The minimum absolute atomic E-state index is 0.0650. The van der Waals surface area contributed by atoms with E-state index in [-0.39, 0.29) is 16.9 Å². The summed E-state index contributed by atoms with van der Waals surface area (Å²) in [6.07, 6.45) is 4.22. The normalized spacial score (nSPS) is 13.0. The number of nitrogens with one attached hydrogen (secondary N) is 1. The van der Waals surface area contributed by atoms with Crippen LogP contribution in [0.4, 0.5) is 0 Å². The van der Waals surface area contributed by atoms with Gasteiger partial charge in [0.05, 0.1) is 10.9 Å². The summed E-state index contributed by atoms with van der Waals surface area (Å²) < 4.78 is 7.02. The van der Waals surface area contributed by atoms with Gasteiger partial charge in [0.25, 0.3) is 5.56 Å². The molecule has 6 rings (SSSR count). The second-order valence-electron chi connectivity index (χ2n) is 9.06. The van der Waals surface area contributed by atoms with Gasteiger partial charge in [-0.25, -0.2) is 0 Å². The van der Waals surface area contributed by atoms with Gasteiger partial charge in [-0.05, 0) is 47.9 Å². The van der Waals surface area contributed by atoms with Crippen molar-refractivity contribution in [3.63, 3.8) is 0 Å². The second-order valence-corrected chi connectivity index (χ2v) is 10.7. The van der Waals surface area contributed by atoms with Crippen molar-refractivity contribution in [2.24, 2.45) is 0 Å². The number of aromatic nitrogens is 1. The molecule has 2 N–H and O–H groups in total. The molecule has 180 valence electrons. The second kappa shape index (κ2) is 9.49. The van der Waals surface area contributed by atoms with E-state index in [0.717, 1.165) is 42.6 Å². The van der Waals surface area contributed by atoms with Crippen LogP contribution in [0.15, 0.2) is 77.6 Å². The van der Waals surface area contributed by atoms with Gasteiger partial charge in [0.1, 0.15) is 27.3 Å². The van der Waals surface area contributed by atoms with E-state index in [4.69, 9.17) is 16.3 Å². The molecule has 0 spiro atoms. The highest BCUT2D eigenvalue weighted by Crippen LogP contribution is 2.50. The Hall–Kier alpha value is -3.54. The van der Waals surface area contributed by atoms with Crippen molar-refractivity contribution in [1.29, 1.82) is 0 Å². The number of ether oxygens (including phenoxy) is 1. The lowest BCUT2D eigenvalue weighted by Gasteiger charge is -2.23. The van der Waals surface area contributed by atoms with Gasteiger partial charge in [-0.15, -0.1) is 11.3 Å². The molecule has 1 aliphatic rings. The third-order valence-corrected chi connectivity index (χ3v) is 8.15. The van der Waals surface area contributed by atoms with Gasteiger partial charge in [-0.1, -0.05) is 84.4 Å². The van der Waals surface area contributed by atoms with Crippen molar-refractivity contribution in [3.05, 3.63) is 104 Å². The number of H-pyrrole nitrogens is 1. The molecule has 0 amide bonds. The van der Waals surface area contributed by atoms with Crippen LogP contribution in [-0.4, -0.2) is 10.1 Å². The molecule has 0 saturated heterocycles. The Kier molecular flexibility index (Phi) is 6.04. The zero-order chi connectivity index (χ0) is 24.6. The first-order valence-electron chi connectivity index (χ1n) is 12.1. The number of hydrogen-bond donors (Lipinski definition) is 2. The van der Waals surface area contributed by atoms with Gasteiger partial charge in [0.15, 0.2) is 0 Å². The van der Waals surface area contributed by atoms with Crippen molar-refractivity contribution in [2.45, 2.75) is 32.3 Å². The smallest absolute Gasteiger partial charge is 0.260 e. The van der Waals surface area contributed by atoms with Crippen LogP contribution in [0.3, 0.4) is 0 Å². The Morgan fingerprint density at radius 3 is 2.42 bits per heavy atom. The van der Waals surface area contributed by atoms with Crippen molar-refractivity contribution in [1.82, 2.24) is 4.98 Å². The Balaban J connectivity index is 1.57. The van der Waals surface area contributed by atoms with Crippen molar-refractivity contribution >= 4 is 33.2 Å². The summed E-state index contributed by atoms with van der Waals surface area (Å²) in [5, 5.41) is 12.0. The molecule has 0 radical (unpaired) electrons. The minimum atomic E-state index is -0.346. The first-order chi connectivity index (χ1) is 17.6. The predicted octanol–water partition coefficient (Wildman–Crippen LogP) is 7.74. The predicted molar refractivity (Wildman–Crippen MR) is 147 cm³/mol. The van der Waals surface area contributed by atoms with Crippen molar-refractivity contribution in [2.75, 3.05) is 0 Å². The monoisotopic (exact) mass is 513 g/mol. The maximum atomic E-state index is 13.0. The average Bonchev–Trinajstić information content (AvgIpc) is 3.24. The minimum Gasteiger partial charge on any atom is -0.506 e. The highest BCUT2D eigenvalue weighted by atomic mass is 35.5. The molecule has 36 heavy (non-hydrogen) atoms. The molecule has 0 bridgehead atoms. The Labute approximate surface area is 217 Å². The summed E-state index contributed by atoms with van der Waals surface area (Å²) in [6.45, 7) is 0.433. The van der Waals surface area contributed by atoms with Gasteiger partial charge in [0.2, 0.25) is 0 Å². The van der Waals surface area contributed by atoms with Gasteiger partial charge in [-0.3, -0.25) is 4.79 Å². The number of benzene rings is 3. The molecular weight excluding hydrogens is 490 g/mol. The Morgan fingerprint density at radius 1 is 0.917 bits per heavy atom. The van der Waals surface area contributed by atoms with Gasteiger partial charge in [0, 0.05) is 11.1 Å². The van der Waals surface area contributed by atoms with E-state index >= 15 is 0 Å². The summed E-state index contributed by atoms with van der Waals surface area (Å²) in [6, 6.07) is 23.5. The molecule has 4 nitrogen and oxygen atoms in total. The van der Waals surface area contributed by atoms with Gasteiger partial charge in [-0.2, -0.15) is 0 Å². The van der Waals surface area contributed by atoms with Crippen LogP contribution < -0.4 is 10.3 Å². The van der Waals surface area contributed by atoms with Gasteiger partial charge >= 0.3 is 0 Å². The summed E-state index contributed by atoms with van der Waals surface area (Å²) in [7, 11) is 0. The Bertz CT molecular complexity index is 1620. The fourth-order valence-corrected chi connectivity index (χ4v) is 6.48. The lowest BCUT2D eigenvalue weighted by atomic mass is 9.87. The highest BCUT2D eigenvalue weighted by molar-refractivity contribution is 7.23. The van der Waals surface area contributed by atoms with Crippen molar-refractivity contribution < 1.29 is 9.84 Å². The van der Waals surface area contributed by atoms with E-state index in [1.807, 2.05) is 66.7 Å². The number of aromatic hydroxyl groups is 1. The number of aromatic amines is 1. The third-order valence-electron chi connectivity index (χ3n) is 6.83. The number of fused-ring (bicyclic) bond motifs is 2. The number of thiophene rings is 1. The molecule has 0 saturated carbocycles. The molecule has 5 aromatic rings. The van der Waals surface area contributed by atoms with E-state index in [1.54, 1.807) is 0 Å². The van der Waals surface area contributed by atoms with Crippen LogP contribution in [0.5, 0.6) is 11.5 Å². The SMILES string of the molecule is O=c1[nH]c2sc(Cl)c(-c3ccc4c(c3OCc3ccccc3)CCCC4)c2c(O)c1-c1ccccc1. The molecule has 3 aromatic carbocycles. The summed E-state index contributed by atoms with van der Waals surface area (Å²) in [4.78, 5) is 16.4. The topological polar surface area (TPSA) is 62.3 Å². The molecule has 1 aliphatic carbocycles. The molecule has 2 aromatic heterocycles. The van der Waals surface area contributed by atoms with Crippen molar-refractivity contribution in [3.8, 4) is 33.8 Å². The van der Waals surface area contributed by atoms with E-state index < -0.39 is 0 Å². The maximum absolute atomic E-state index is 13.0. The molecule has 6 heteroatoms. The number of aryl methyl sites for hydroxylation is 1. The number of pyridine rings is 1. The van der Waals surface area contributed by atoms with E-state index in [0.29, 0.717) is 32.3 Å². The summed E-state index contributed by atoms with van der Waals surface area (Å²) in [5.74, 6) is 0.745. The number of rotatable bonds is 5. The van der Waals surface area contributed by atoms with E-state index in [1.165, 1.54) is 22.5 Å². The largest absolute Gasteiger partial charge is 0.506 e. The zero-order valence-corrected chi connectivity index (χ0v) is 21.1. The lowest BCUT2D eigenvalue weighted by Crippen LogP contribution is -2.09. The van der Waals surface area contributed by atoms with E-state index in [2.05, 4.69) is 11.1 Å². The lowest BCUT2D eigenvalue weighted by molar-refractivity contribution is 0.303. The average molecular weight is 514 g/mol. The Morgan fingerprint density at radius 2 is 1.64 bits per heavy atom. The van der Waals surface area contributed by atoms with E-state index in [9.17, 15) is 9.90 Å². The summed E-state index contributed by atoms with van der Waals surface area (Å²) in [5.41, 5.74) is 5.66. The summed E-state index contributed by atoms with van der Waals surface area (Å²) >= 11 is 8.09. The van der Waals surface area contributed by atoms with Crippen LogP contribution in [0.25, 0.3) is 32.5 Å². The molecule has 0 aliphatic heterocycles. The number of hydrogen-bond acceptors (Lipinski definition) is 4. The molecule has 0 unspecified atom stereocenters. The fourth-order valence-electron chi connectivity index (χ4n) is 5.11. The standard InChI is InChI=1S/C30H24ClNO3S/c31-28-24(25-26(33)23(20-12-5-2-6-13-20)29(34)32-30(25)36-28)22-16-15-19-11-7-8-14-21(19)27(22)35-17-18-9-3-1-4-10-18/h1-6,9-10,12-13,15-16H,7-8,11,14,17H2,(H2,32,33,34). The molecule has 0 fully saturated rings. The first-order valence-corrected chi connectivity index (χ1v) is 13.3. The highest BCUT2D eigenvalue weighted by Gasteiger charge is 2.26. The van der Waals surface area contributed by atoms with Gasteiger partial charge < -0.3 is 14.8 Å². The third kappa shape index (κ3) is 3.98. The first kappa shape index (κ1) is 22.9. The van der Waals surface area contributed by atoms with Crippen LogP contribution >= 0.6 is 22.9 Å². The zero-order valence-electron chi connectivity index (χ0n) is 19.5. The molecule has 0 atom stereocenters. The molecular formula is C30H24ClNO3S.